The largest absolute Gasteiger partial charge is 0.341 e. The predicted molar refractivity (Wildman–Crippen MR) is 83.5 cm³/mol. The Morgan fingerprint density at radius 1 is 1.53 bits per heavy atom. The molecule has 3 nitrogen and oxygen atoms in total. The summed E-state index contributed by atoms with van der Waals surface area (Å²) in [7, 11) is 1.89. The summed E-state index contributed by atoms with van der Waals surface area (Å²) in [5, 5.41) is 3.29. The molecule has 1 heterocycles. The maximum absolute atomic E-state index is 12.3. The van der Waals surface area contributed by atoms with Crippen LogP contribution < -0.4 is 5.32 Å². The molecule has 5 heteroatoms. The second-order valence-electron chi connectivity index (χ2n) is 4.87. The third-order valence-electron chi connectivity index (χ3n) is 3.33. The normalized spacial score (nSPS) is 18.5. The van der Waals surface area contributed by atoms with E-state index in [1.54, 1.807) is 0 Å². The van der Waals surface area contributed by atoms with Crippen LogP contribution >= 0.6 is 28.3 Å². The van der Waals surface area contributed by atoms with Crippen molar-refractivity contribution >= 4 is 34.2 Å². The molecule has 0 bridgehead atoms. The van der Waals surface area contributed by atoms with E-state index in [1.165, 1.54) is 0 Å². The topological polar surface area (TPSA) is 32.3 Å². The Morgan fingerprint density at radius 2 is 2.32 bits per heavy atom. The van der Waals surface area contributed by atoms with Gasteiger partial charge in [-0.15, -0.1) is 12.4 Å². The number of carbonyl (C=O) groups excluding carboxylic acids is 1. The molecular formula is C14H20BrClN2O. The summed E-state index contributed by atoms with van der Waals surface area (Å²) in [6.45, 7) is 2.54. The van der Waals surface area contributed by atoms with Crippen LogP contribution in [0, 0.1) is 5.92 Å². The van der Waals surface area contributed by atoms with Crippen molar-refractivity contribution in [2.75, 3.05) is 20.1 Å². The van der Waals surface area contributed by atoms with Crippen LogP contribution in [0.15, 0.2) is 28.7 Å². The molecular weight excluding hydrogens is 328 g/mol. The molecule has 1 aromatic carbocycles. The smallest absolute Gasteiger partial charge is 0.227 e. The highest BCUT2D eigenvalue weighted by Gasteiger charge is 2.23. The third-order valence-corrected chi connectivity index (χ3v) is 3.82. The highest BCUT2D eigenvalue weighted by molar-refractivity contribution is 9.10. The van der Waals surface area contributed by atoms with Gasteiger partial charge in [0.05, 0.1) is 5.92 Å². The lowest BCUT2D eigenvalue weighted by Gasteiger charge is -2.27. The monoisotopic (exact) mass is 346 g/mol. The average Bonchev–Trinajstić information content (AvgIpc) is 2.39. The summed E-state index contributed by atoms with van der Waals surface area (Å²) < 4.78 is 1.06. The van der Waals surface area contributed by atoms with Gasteiger partial charge in [0, 0.05) is 24.6 Å². The molecule has 1 aromatic rings. The second kappa shape index (κ2) is 7.88. The van der Waals surface area contributed by atoms with Gasteiger partial charge in [0.2, 0.25) is 5.91 Å². The molecule has 1 aliphatic rings. The molecule has 0 aromatic heterocycles. The van der Waals surface area contributed by atoms with E-state index in [1.807, 2.05) is 30.1 Å². The minimum atomic E-state index is 0. The van der Waals surface area contributed by atoms with Gasteiger partial charge in [0.15, 0.2) is 0 Å². The molecule has 1 amide bonds. The van der Waals surface area contributed by atoms with E-state index in [9.17, 15) is 4.79 Å². The number of nitrogens with zero attached hydrogens (tertiary/aromatic N) is 1. The number of hydrogen-bond acceptors (Lipinski definition) is 2. The van der Waals surface area contributed by atoms with E-state index in [0.717, 1.165) is 36.0 Å². The predicted octanol–water partition coefficient (Wildman–Crippen LogP) is 2.83. The first-order valence-corrected chi connectivity index (χ1v) is 7.16. The standard InChI is InChI=1S/C14H19BrN2O.ClH/c1-17(10-11-4-2-6-13(15)8-11)14(18)12-5-3-7-16-9-12;/h2,4,6,8,12,16H,3,5,7,9-10H2,1H3;1H/t12-;/m1./s1. The minimum absolute atomic E-state index is 0. The van der Waals surface area contributed by atoms with Crippen molar-refractivity contribution in [3.05, 3.63) is 34.3 Å². The van der Waals surface area contributed by atoms with Crippen LogP contribution in [0.5, 0.6) is 0 Å². The summed E-state index contributed by atoms with van der Waals surface area (Å²) in [4.78, 5) is 14.1. The van der Waals surface area contributed by atoms with Gasteiger partial charge < -0.3 is 10.2 Å². The van der Waals surface area contributed by atoms with Crippen molar-refractivity contribution in [2.24, 2.45) is 5.92 Å². The summed E-state index contributed by atoms with van der Waals surface area (Å²) in [6.07, 6.45) is 2.11. The van der Waals surface area contributed by atoms with Crippen molar-refractivity contribution in [1.29, 1.82) is 0 Å². The fourth-order valence-corrected chi connectivity index (χ4v) is 2.81. The summed E-state index contributed by atoms with van der Waals surface area (Å²) in [5.41, 5.74) is 1.16. The van der Waals surface area contributed by atoms with Gasteiger partial charge in [0.1, 0.15) is 0 Å². The van der Waals surface area contributed by atoms with Gasteiger partial charge in [-0.1, -0.05) is 28.1 Å². The van der Waals surface area contributed by atoms with E-state index >= 15 is 0 Å². The molecule has 0 unspecified atom stereocenters. The summed E-state index contributed by atoms with van der Waals surface area (Å²) >= 11 is 3.45. The van der Waals surface area contributed by atoms with Crippen LogP contribution in [-0.4, -0.2) is 30.9 Å². The van der Waals surface area contributed by atoms with Crippen LogP contribution in [0.2, 0.25) is 0 Å². The zero-order chi connectivity index (χ0) is 13.0. The zero-order valence-corrected chi connectivity index (χ0v) is 13.5. The SMILES string of the molecule is CN(Cc1cccc(Br)c1)C(=O)[C@@H]1CCCNC1.Cl. The molecule has 1 aliphatic heterocycles. The fraction of sp³-hybridized carbons (Fsp3) is 0.500. The Hall–Kier alpha value is -0.580. The number of amides is 1. The van der Waals surface area contributed by atoms with Crippen molar-refractivity contribution in [2.45, 2.75) is 19.4 Å². The molecule has 0 spiro atoms. The summed E-state index contributed by atoms with van der Waals surface area (Å²) in [5.74, 6) is 0.401. The van der Waals surface area contributed by atoms with E-state index in [-0.39, 0.29) is 24.2 Å². The maximum atomic E-state index is 12.3. The van der Waals surface area contributed by atoms with Gasteiger partial charge in [-0.05, 0) is 37.1 Å². The quantitative estimate of drug-likeness (QED) is 0.912. The average molecular weight is 348 g/mol. The zero-order valence-electron chi connectivity index (χ0n) is 11.1. The second-order valence-corrected chi connectivity index (χ2v) is 5.78. The van der Waals surface area contributed by atoms with Crippen molar-refractivity contribution < 1.29 is 4.79 Å². The highest BCUT2D eigenvalue weighted by atomic mass is 79.9. The van der Waals surface area contributed by atoms with Crippen molar-refractivity contribution in [1.82, 2.24) is 10.2 Å². The van der Waals surface area contributed by atoms with Gasteiger partial charge in [0.25, 0.3) is 0 Å². The summed E-state index contributed by atoms with van der Waals surface area (Å²) in [6, 6.07) is 8.10. The molecule has 106 valence electrons. The fourth-order valence-electron chi connectivity index (χ4n) is 2.36. The van der Waals surface area contributed by atoms with Crippen LogP contribution in [-0.2, 0) is 11.3 Å². The Labute approximate surface area is 129 Å². The van der Waals surface area contributed by atoms with Crippen LogP contribution in [0.3, 0.4) is 0 Å². The number of rotatable bonds is 3. The lowest BCUT2D eigenvalue weighted by atomic mass is 9.98. The van der Waals surface area contributed by atoms with Gasteiger partial charge in [-0.25, -0.2) is 0 Å². The molecule has 0 aliphatic carbocycles. The van der Waals surface area contributed by atoms with E-state index in [0.29, 0.717) is 6.54 Å². The Kier molecular flexibility index (Phi) is 6.83. The number of nitrogens with one attached hydrogen (secondary N) is 1. The molecule has 1 saturated heterocycles. The molecule has 19 heavy (non-hydrogen) atoms. The molecule has 0 saturated carbocycles. The molecule has 1 fully saturated rings. The number of hydrogen-bond donors (Lipinski definition) is 1. The molecule has 1 N–H and O–H groups in total. The lowest BCUT2D eigenvalue weighted by Crippen LogP contribution is -2.41. The van der Waals surface area contributed by atoms with Gasteiger partial charge in [-0.2, -0.15) is 0 Å². The van der Waals surface area contributed by atoms with Gasteiger partial charge >= 0.3 is 0 Å². The lowest BCUT2D eigenvalue weighted by molar-refractivity contribution is -0.135. The first kappa shape index (κ1) is 16.5. The van der Waals surface area contributed by atoms with Crippen LogP contribution in [0.25, 0.3) is 0 Å². The van der Waals surface area contributed by atoms with E-state index in [2.05, 4.69) is 27.3 Å². The maximum Gasteiger partial charge on any atom is 0.227 e. The van der Waals surface area contributed by atoms with Crippen LogP contribution in [0.4, 0.5) is 0 Å². The number of piperidine rings is 1. The Bertz CT molecular complexity index is 422. The molecule has 0 radical (unpaired) electrons. The molecule has 2 rings (SSSR count). The van der Waals surface area contributed by atoms with Crippen molar-refractivity contribution in [3.63, 3.8) is 0 Å². The minimum Gasteiger partial charge on any atom is -0.341 e. The van der Waals surface area contributed by atoms with E-state index in [4.69, 9.17) is 0 Å². The Balaban J connectivity index is 0.00000180. The molecule has 1 atom stereocenters. The number of halogens is 2. The Morgan fingerprint density at radius 3 is 2.95 bits per heavy atom. The van der Waals surface area contributed by atoms with E-state index < -0.39 is 0 Å². The third kappa shape index (κ3) is 4.79. The first-order valence-electron chi connectivity index (χ1n) is 6.37. The van der Waals surface area contributed by atoms with Crippen LogP contribution in [0.1, 0.15) is 18.4 Å². The van der Waals surface area contributed by atoms with Crippen molar-refractivity contribution in [3.8, 4) is 0 Å². The van der Waals surface area contributed by atoms with Gasteiger partial charge in [-0.3, -0.25) is 4.79 Å². The number of carbonyl (C=O) groups is 1. The highest BCUT2D eigenvalue weighted by Crippen LogP contribution is 2.16. The number of benzene rings is 1. The first-order chi connectivity index (χ1) is 8.66.